The van der Waals surface area contributed by atoms with E-state index in [0.29, 0.717) is 5.69 Å². The summed E-state index contributed by atoms with van der Waals surface area (Å²) in [7, 11) is -3.70. The number of amides is 1. The van der Waals surface area contributed by atoms with E-state index in [-0.39, 0.29) is 35.8 Å². The normalized spacial score (nSPS) is 19.4. The van der Waals surface area contributed by atoms with Crippen LogP contribution in [0.15, 0.2) is 47.4 Å². The third-order valence-electron chi connectivity index (χ3n) is 5.33. The fraction of sp³-hybridized carbons (Fsp3) is 0.391. The van der Waals surface area contributed by atoms with Gasteiger partial charge in [-0.3, -0.25) is 4.79 Å². The Kier molecular flexibility index (Phi) is 7.33. The Labute approximate surface area is 188 Å². The number of sulfonamides is 1. The Balaban J connectivity index is 1.60. The number of benzene rings is 2. The molecule has 9 heteroatoms. The second-order valence-electron chi connectivity index (χ2n) is 7.98. The van der Waals surface area contributed by atoms with Crippen LogP contribution in [0.2, 0.25) is 0 Å². The number of morpholine rings is 1. The maximum Gasteiger partial charge on any atom is 0.338 e. The molecule has 2 aromatic rings. The van der Waals surface area contributed by atoms with Crippen LogP contribution in [-0.4, -0.2) is 56.5 Å². The molecule has 2 aromatic carbocycles. The zero-order valence-electron chi connectivity index (χ0n) is 18.6. The van der Waals surface area contributed by atoms with Crippen molar-refractivity contribution in [2.75, 3.05) is 25.0 Å². The minimum atomic E-state index is -3.70. The predicted molar refractivity (Wildman–Crippen MR) is 120 cm³/mol. The Morgan fingerprint density at radius 1 is 1.06 bits per heavy atom. The molecular weight excluding hydrogens is 432 g/mol. The Bertz CT molecular complexity index is 1090. The highest BCUT2D eigenvalue weighted by molar-refractivity contribution is 7.89. The van der Waals surface area contributed by atoms with Crippen LogP contribution in [0.4, 0.5) is 5.69 Å². The minimum Gasteiger partial charge on any atom is -0.452 e. The highest BCUT2D eigenvalue weighted by Gasteiger charge is 2.32. The summed E-state index contributed by atoms with van der Waals surface area (Å²) in [5.41, 5.74) is 2.79. The molecule has 1 heterocycles. The first-order valence-corrected chi connectivity index (χ1v) is 11.8. The zero-order valence-corrected chi connectivity index (χ0v) is 19.4. The molecule has 1 saturated heterocycles. The number of carbonyl (C=O) groups excluding carboxylic acids is 2. The molecular formula is C23H28N2O6S. The number of esters is 1. The van der Waals surface area contributed by atoms with Crippen LogP contribution in [-0.2, 0) is 24.3 Å². The quantitative estimate of drug-likeness (QED) is 0.665. The van der Waals surface area contributed by atoms with Gasteiger partial charge in [-0.05, 0) is 69.2 Å². The van der Waals surface area contributed by atoms with E-state index < -0.39 is 28.5 Å². The van der Waals surface area contributed by atoms with Crippen molar-refractivity contribution in [3.8, 4) is 0 Å². The van der Waals surface area contributed by atoms with E-state index in [9.17, 15) is 18.0 Å². The second-order valence-corrected chi connectivity index (χ2v) is 9.91. The third kappa shape index (κ3) is 5.53. The van der Waals surface area contributed by atoms with Gasteiger partial charge in [0, 0.05) is 18.8 Å². The predicted octanol–water partition coefficient (Wildman–Crippen LogP) is 2.90. The van der Waals surface area contributed by atoms with Gasteiger partial charge in [0.15, 0.2) is 6.61 Å². The SMILES string of the molecule is Cc1cccc(NC(=O)COC(=O)c2ccc(S(=O)(=O)N3CC(C)OC(C)C3)cc2)c1C. The third-order valence-corrected chi connectivity index (χ3v) is 7.17. The standard InChI is InChI=1S/C23H28N2O6S/c1-15-6-5-7-21(18(15)4)24-22(26)14-30-23(27)19-8-10-20(11-9-19)32(28,29)25-12-16(2)31-17(3)13-25/h5-11,16-17H,12-14H2,1-4H3,(H,24,26). The van der Waals surface area contributed by atoms with Crippen molar-refractivity contribution >= 4 is 27.6 Å². The number of nitrogens with one attached hydrogen (secondary N) is 1. The van der Waals surface area contributed by atoms with Gasteiger partial charge in [0.1, 0.15) is 0 Å². The summed E-state index contributed by atoms with van der Waals surface area (Å²) in [5, 5.41) is 2.72. The van der Waals surface area contributed by atoms with Crippen molar-refractivity contribution in [2.24, 2.45) is 0 Å². The van der Waals surface area contributed by atoms with E-state index in [1.54, 1.807) is 6.07 Å². The highest BCUT2D eigenvalue weighted by atomic mass is 32.2. The number of hydrogen-bond acceptors (Lipinski definition) is 6. The van der Waals surface area contributed by atoms with Crippen molar-refractivity contribution in [1.29, 1.82) is 0 Å². The number of nitrogens with zero attached hydrogens (tertiary/aromatic N) is 1. The smallest absolute Gasteiger partial charge is 0.338 e. The average molecular weight is 461 g/mol. The molecule has 2 atom stereocenters. The summed E-state index contributed by atoms with van der Waals surface area (Å²) in [6.07, 6.45) is -0.393. The summed E-state index contributed by atoms with van der Waals surface area (Å²) in [6.45, 7) is 7.58. The fourth-order valence-corrected chi connectivity index (χ4v) is 5.12. The molecule has 1 fully saturated rings. The van der Waals surface area contributed by atoms with E-state index in [2.05, 4.69) is 5.32 Å². The molecule has 1 amide bonds. The van der Waals surface area contributed by atoms with Gasteiger partial charge in [-0.1, -0.05) is 12.1 Å². The first kappa shape index (κ1) is 23.9. The molecule has 3 rings (SSSR count). The first-order chi connectivity index (χ1) is 15.1. The first-order valence-electron chi connectivity index (χ1n) is 10.4. The second kappa shape index (κ2) is 9.81. The molecule has 1 aliphatic heterocycles. The van der Waals surface area contributed by atoms with Crippen molar-refractivity contribution in [3.05, 3.63) is 59.2 Å². The monoisotopic (exact) mass is 460 g/mol. The lowest BCUT2D eigenvalue weighted by atomic mass is 10.1. The van der Waals surface area contributed by atoms with Crippen molar-refractivity contribution in [2.45, 2.75) is 44.8 Å². The lowest BCUT2D eigenvalue weighted by Crippen LogP contribution is -2.48. The van der Waals surface area contributed by atoms with E-state index in [0.717, 1.165) is 11.1 Å². The molecule has 0 bridgehead atoms. The van der Waals surface area contributed by atoms with Crippen molar-refractivity contribution in [3.63, 3.8) is 0 Å². The van der Waals surface area contributed by atoms with E-state index >= 15 is 0 Å². The van der Waals surface area contributed by atoms with Crippen LogP contribution < -0.4 is 5.32 Å². The summed E-state index contributed by atoms with van der Waals surface area (Å²) < 4.78 is 37.9. The van der Waals surface area contributed by atoms with Gasteiger partial charge in [-0.25, -0.2) is 13.2 Å². The van der Waals surface area contributed by atoms with Gasteiger partial charge in [0.05, 0.1) is 22.7 Å². The molecule has 1 N–H and O–H groups in total. The van der Waals surface area contributed by atoms with Gasteiger partial charge >= 0.3 is 5.97 Å². The number of hydrogen-bond donors (Lipinski definition) is 1. The maximum absolute atomic E-state index is 12.9. The molecule has 172 valence electrons. The van der Waals surface area contributed by atoms with Gasteiger partial charge in [0.2, 0.25) is 10.0 Å². The number of anilines is 1. The maximum atomic E-state index is 12.9. The molecule has 1 aliphatic rings. The summed E-state index contributed by atoms with van der Waals surface area (Å²) >= 11 is 0. The van der Waals surface area contributed by atoms with E-state index in [1.165, 1.54) is 28.6 Å². The Hall–Kier alpha value is -2.75. The highest BCUT2D eigenvalue weighted by Crippen LogP contribution is 2.22. The van der Waals surface area contributed by atoms with Crippen LogP contribution in [0.1, 0.15) is 35.3 Å². The van der Waals surface area contributed by atoms with Crippen molar-refractivity contribution in [1.82, 2.24) is 4.31 Å². The molecule has 0 spiro atoms. The van der Waals surface area contributed by atoms with Gasteiger partial charge in [0.25, 0.3) is 5.91 Å². The summed E-state index contributed by atoms with van der Waals surface area (Å²) in [6, 6.07) is 11.0. The van der Waals surface area contributed by atoms with Crippen LogP contribution in [0.25, 0.3) is 0 Å². The van der Waals surface area contributed by atoms with Gasteiger partial charge < -0.3 is 14.8 Å². The lowest BCUT2D eigenvalue weighted by molar-refractivity contribution is -0.119. The molecule has 0 radical (unpaired) electrons. The molecule has 0 aromatic heterocycles. The van der Waals surface area contributed by atoms with Gasteiger partial charge in [-0.2, -0.15) is 4.31 Å². The topological polar surface area (TPSA) is 102 Å². The van der Waals surface area contributed by atoms with E-state index in [1.807, 2.05) is 39.8 Å². The molecule has 32 heavy (non-hydrogen) atoms. The van der Waals surface area contributed by atoms with Crippen LogP contribution >= 0.6 is 0 Å². The number of carbonyl (C=O) groups is 2. The van der Waals surface area contributed by atoms with Crippen molar-refractivity contribution < 1.29 is 27.5 Å². The largest absolute Gasteiger partial charge is 0.452 e. The minimum absolute atomic E-state index is 0.0861. The van der Waals surface area contributed by atoms with Gasteiger partial charge in [-0.15, -0.1) is 0 Å². The van der Waals surface area contributed by atoms with Crippen LogP contribution in [0.5, 0.6) is 0 Å². The molecule has 0 saturated carbocycles. The fourth-order valence-electron chi connectivity index (χ4n) is 3.53. The zero-order chi connectivity index (χ0) is 23.5. The number of ether oxygens (including phenoxy) is 2. The number of rotatable bonds is 6. The van der Waals surface area contributed by atoms with Crippen LogP contribution in [0, 0.1) is 13.8 Å². The van der Waals surface area contributed by atoms with E-state index in [4.69, 9.17) is 9.47 Å². The Morgan fingerprint density at radius 2 is 1.69 bits per heavy atom. The van der Waals surface area contributed by atoms with Crippen LogP contribution in [0.3, 0.4) is 0 Å². The average Bonchev–Trinajstić information content (AvgIpc) is 2.74. The summed E-state index contributed by atoms with van der Waals surface area (Å²) in [5.74, 6) is -1.17. The summed E-state index contributed by atoms with van der Waals surface area (Å²) in [4.78, 5) is 24.5. The molecule has 2 unspecified atom stereocenters. The molecule has 0 aliphatic carbocycles. The molecule has 8 nitrogen and oxygen atoms in total. The Morgan fingerprint density at radius 3 is 2.31 bits per heavy atom. The lowest BCUT2D eigenvalue weighted by Gasteiger charge is -2.34. The number of aryl methyl sites for hydroxylation is 1.